The van der Waals surface area contributed by atoms with Crippen molar-refractivity contribution < 1.29 is 8.85 Å². The summed E-state index contributed by atoms with van der Waals surface area (Å²) < 4.78 is 13.4. The van der Waals surface area contributed by atoms with Gasteiger partial charge in [0.25, 0.3) is 0 Å². The van der Waals surface area contributed by atoms with E-state index in [1.807, 2.05) is 0 Å². The smallest absolute Gasteiger partial charge is 0.344 e. The molecule has 0 heterocycles. The summed E-state index contributed by atoms with van der Waals surface area (Å²) in [5, 5.41) is -0.0139. The molecule has 0 aliphatic carbocycles. The SMILES string of the molecule is C=CC(C)(C)CC(C)(C)[Si](CC)(OC(C)(C)C)OC(C)(C)C. The molecule has 2 nitrogen and oxygen atoms in total. The van der Waals surface area contributed by atoms with E-state index in [-0.39, 0.29) is 21.7 Å². The summed E-state index contributed by atoms with van der Waals surface area (Å²) in [7, 11) is -2.44. The van der Waals surface area contributed by atoms with E-state index < -0.39 is 8.56 Å². The first-order valence-electron chi connectivity index (χ1n) is 8.53. The largest absolute Gasteiger partial charge is 0.389 e. The molecule has 0 radical (unpaired) electrons. The van der Waals surface area contributed by atoms with Crippen molar-refractivity contribution in [3.63, 3.8) is 0 Å². The van der Waals surface area contributed by atoms with Crippen molar-refractivity contribution in [2.45, 2.75) is 105 Å². The second-order valence-corrected chi connectivity index (χ2v) is 13.8. The summed E-state index contributed by atoms with van der Waals surface area (Å²) in [5.74, 6) is 0. The van der Waals surface area contributed by atoms with E-state index in [2.05, 4.69) is 88.8 Å². The molecule has 0 fully saturated rings. The third-order valence-electron chi connectivity index (χ3n) is 3.89. The van der Waals surface area contributed by atoms with Crippen LogP contribution in [0.1, 0.15) is 82.6 Å². The lowest BCUT2D eigenvalue weighted by molar-refractivity contribution is -0.00133. The minimum atomic E-state index is -2.44. The van der Waals surface area contributed by atoms with Gasteiger partial charge in [-0.1, -0.05) is 40.7 Å². The van der Waals surface area contributed by atoms with Crippen LogP contribution in [0.4, 0.5) is 0 Å². The zero-order valence-corrected chi connectivity index (χ0v) is 18.0. The molecule has 3 heteroatoms. The Morgan fingerprint density at radius 3 is 1.41 bits per heavy atom. The molecular formula is C19H40O2Si. The second kappa shape index (κ2) is 6.78. The van der Waals surface area contributed by atoms with Crippen LogP contribution in [-0.4, -0.2) is 19.8 Å². The third-order valence-corrected chi connectivity index (χ3v) is 8.94. The van der Waals surface area contributed by atoms with Gasteiger partial charge in [0, 0.05) is 5.04 Å². The van der Waals surface area contributed by atoms with E-state index in [1.54, 1.807) is 0 Å². The Labute approximate surface area is 140 Å². The number of hydrogen-bond acceptors (Lipinski definition) is 2. The van der Waals surface area contributed by atoms with Crippen LogP contribution in [0.5, 0.6) is 0 Å². The van der Waals surface area contributed by atoms with E-state index in [9.17, 15) is 0 Å². The highest BCUT2D eigenvalue weighted by atomic mass is 28.4. The molecule has 0 unspecified atom stereocenters. The Morgan fingerprint density at radius 2 is 1.18 bits per heavy atom. The van der Waals surface area contributed by atoms with Crippen molar-refractivity contribution in [3.8, 4) is 0 Å². The van der Waals surface area contributed by atoms with E-state index in [1.165, 1.54) is 0 Å². The molecule has 22 heavy (non-hydrogen) atoms. The quantitative estimate of drug-likeness (QED) is 0.394. The minimum absolute atomic E-state index is 0.0139. The van der Waals surface area contributed by atoms with Gasteiger partial charge in [0.2, 0.25) is 0 Å². The molecule has 0 saturated carbocycles. The van der Waals surface area contributed by atoms with Crippen LogP contribution in [0.15, 0.2) is 12.7 Å². The van der Waals surface area contributed by atoms with Gasteiger partial charge in [0.15, 0.2) is 0 Å². The van der Waals surface area contributed by atoms with Gasteiger partial charge in [-0.05, 0) is 59.4 Å². The van der Waals surface area contributed by atoms with Crippen molar-refractivity contribution in [1.29, 1.82) is 0 Å². The normalized spacial score (nSPS) is 15.0. The Balaban J connectivity index is 5.85. The predicted octanol–water partition coefficient (Wildman–Crippen LogP) is 6.46. The Bertz CT molecular complexity index is 354. The van der Waals surface area contributed by atoms with Crippen LogP contribution in [0.3, 0.4) is 0 Å². The summed E-state index contributed by atoms with van der Waals surface area (Å²) >= 11 is 0. The highest BCUT2D eigenvalue weighted by Gasteiger charge is 2.55. The number of rotatable bonds is 7. The first kappa shape index (κ1) is 21.9. The van der Waals surface area contributed by atoms with Gasteiger partial charge >= 0.3 is 8.56 Å². The van der Waals surface area contributed by atoms with E-state index >= 15 is 0 Å². The van der Waals surface area contributed by atoms with Gasteiger partial charge in [-0.2, -0.15) is 0 Å². The Kier molecular flexibility index (Phi) is 6.74. The van der Waals surface area contributed by atoms with Gasteiger partial charge in [-0.15, -0.1) is 6.58 Å². The molecule has 0 bridgehead atoms. The van der Waals surface area contributed by atoms with Gasteiger partial charge < -0.3 is 8.85 Å². The van der Waals surface area contributed by atoms with E-state index in [0.29, 0.717) is 0 Å². The summed E-state index contributed by atoms with van der Waals surface area (Å²) in [5.41, 5.74) is -0.342. The monoisotopic (exact) mass is 328 g/mol. The molecule has 0 aromatic carbocycles. The lowest BCUT2D eigenvalue weighted by atomic mass is 9.84. The fraction of sp³-hybridized carbons (Fsp3) is 0.895. The highest BCUT2D eigenvalue weighted by molar-refractivity contribution is 6.70. The Hall–Kier alpha value is -0.123. The number of hydrogen-bond donors (Lipinski definition) is 0. The lowest BCUT2D eigenvalue weighted by Gasteiger charge is -2.51. The molecule has 0 saturated heterocycles. The standard InChI is InChI=1S/C19H40O2Si/c1-13-18(9,10)15-19(11,12)22(14-2,20-16(3,4)5)21-17(6,7)8/h13H,1,14-15H2,2-12H3. The molecular weight excluding hydrogens is 288 g/mol. The fourth-order valence-electron chi connectivity index (χ4n) is 3.26. The molecule has 0 aliphatic rings. The zero-order chi connectivity index (χ0) is 18.0. The van der Waals surface area contributed by atoms with Crippen molar-refractivity contribution in [2.24, 2.45) is 5.41 Å². The molecule has 0 amide bonds. The summed E-state index contributed by atoms with van der Waals surface area (Å²) in [4.78, 5) is 0. The fourth-order valence-corrected chi connectivity index (χ4v) is 7.80. The average Bonchev–Trinajstić information content (AvgIpc) is 2.22. The first-order chi connectivity index (χ1) is 9.49. The van der Waals surface area contributed by atoms with Crippen LogP contribution in [0.2, 0.25) is 11.1 Å². The molecule has 0 aromatic rings. The molecule has 0 atom stereocenters. The van der Waals surface area contributed by atoms with Crippen LogP contribution in [0, 0.1) is 5.41 Å². The van der Waals surface area contributed by atoms with E-state index in [0.717, 1.165) is 12.5 Å². The summed E-state index contributed by atoms with van der Waals surface area (Å²) in [6.45, 7) is 28.1. The van der Waals surface area contributed by atoms with Crippen molar-refractivity contribution in [2.75, 3.05) is 0 Å². The molecule has 132 valence electrons. The maximum Gasteiger partial charge on any atom is 0.344 e. The lowest BCUT2D eigenvalue weighted by Crippen LogP contribution is -2.58. The minimum Gasteiger partial charge on any atom is -0.389 e. The number of allylic oxidation sites excluding steroid dienone is 1. The second-order valence-electron chi connectivity index (χ2n) is 9.79. The van der Waals surface area contributed by atoms with Crippen molar-refractivity contribution in [3.05, 3.63) is 12.7 Å². The maximum atomic E-state index is 6.69. The third kappa shape index (κ3) is 6.55. The summed E-state index contributed by atoms with van der Waals surface area (Å²) in [6, 6.07) is 0.946. The summed E-state index contributed by atoms with van der Waals surface area (Å²) in [6.07, 6.45) is 3.06. The topological polar surface area (TPSA) is 18.5 Å². The van der Waals surface area contributed by atoms with Crippen LogP contribution in [0.25, 0.3) is 0 Å². The predicted molar refractivity (Wildman–Crippen MR) is 101 cm³/mol. The van der Waals surface area contributed by atoms with E-state index in [4.69, 9.17) is 8.85 Å². The van der Waals surface area contributed by atoms with Gasteiger partial charge in [0.1, 0.15) is 0 Å². The van der Waals surface area contributed by atoms with Gasteiger partial charge in [-0.3, -0.25) is 0 Å². The van der Waals surface area contributed by atoms with Crippen molar-refractivity contribution >= 4 is 8.56 Å². The van der Waals surface area contributed by atoms with Crippen LogP contribution < -0.4 is 0 Å². The molecule has 0 aliphatic heterocycles. The molecule has 0 aromatic heterocycles. The van der Waals surface area contributed by atoms with Crippen LogP contribution in [-0.2, 0) is 8.85 Å². The van der Waals surface area contributed by atoms with Gasteiger partial charge in [0.05, 0.1) is 11.2 Å². The van der Waals surface area contributed by atoms with Crippen molar-refractivity contribution in [1.82, 2.24) is 0 Å². The maximum absolute atomic E-state index is 6.69. The van der Waals surface area contributed by atoms with Gasteiger partial charge in [-0.25, -0.2) is 0 Å². The van der Waals surface area contributed by atoms with Crippen LogP contribution >= 0.6 is 0 Å². The Morgan fingerprint density at radius 1 is 0.818 bits per heavy atom. The highest BCUT2D eigenvalue weighted by Crippen LogP contribution is 2.51. The zero-order valence-electron chi connectivity index (χ0n) is 17.0. The first-order valence-corrected chi connectivity index (χ1v) is 10.6. The average molecular weight is 329 g/mol. The molecule has 0 N–H and O–H groups in total. The molecule has 0 spiro atoms. The molecule has 0 rings (SSSR count).